The lowest BCUT2D eigenvalue weighted by Gasteiger charge is -2.26. The van der Waals surface area contributed by atoms with Gasteiger partial charge in [-0.05, 0) is 66.9 Å². The van der Waals surface area contributed by atoms with E-state index < -0.39 is 17.7 Å². The van der Waals surface area contributed by atoms with Crippen LogP contribution < -0.4 is 9.64 Å². The number of carbonyl (C=O) groups excluding carboxylic acids is 2. The fraction of sp³-hybridized carbons (Fsp3) is 0.185. The highest BCUT2D eigenvalue weighted by molar-refractivity contribution is 6.51. The van der Waals surface area contributed by atoms with E-state index in [0.29, 0.717) is 23.2 Å². The Morgan fingerprint density at radius 1 is 1.03 bits per heavy atom. The summed E-state index contributed by atoms with van der Waals surface area (Å²) in [6, 6.07) is 18.1. The highest BCUT2D eigenvalue weighted by Gasteiger charge is 2.47. The Kier molecular flexibility index (Phi) is 4.93. The molecule has 2 aliphatic heterocycles. The van der Waals surface area contributed by atoms with Gasteiger partial charge < -0.3 is 14.9 Å². The first-order chi connectivity index (χ1) is 15.8. The molecule has 1 saturated heterocycles. The molecule has 0 saturated carbocycles. The zero-order valence-corrected chi connectivity index (χ0v) is 18.3. The molecule has 6 nitrogen and oxygen atoms in total. The highest BCUT2D eigenvalue weighted by Crippen LogP contribution is 2.43. The normalized spacial score (nSPS) is 21.2. The monoisotopic (exact) mass is 441 g/mol. The third-order valence-electron chi connectivity index (χ3n) is 6.20. The van der Waals surface area contributed by atoms with Gasteiger partial charge in [-0.25, -0.2) is 0 Å². The lowest BCUT2D eigenvalue weighted by molar-refractivity contribution is -0.132. The molecule has 3 aromatic carbocycles. The maximum atomic E-state index is 13.3. The number of ketones is 1. The van der Waals surface area contributed by atoms with Gasteiger partial charge >= 0.3 is 0 Å². The average Bonchev–Trinajstić information content (AvgIpc) is 3.30. The van der Waals surface area contributed by atoms with Gasteiger partial charge in [0.25, 0.3) is 11.7 Å². The number of hydrogen-bond acceptors (Lipinski definition) is 5. The summed E-state index contributed by atoms with van der Waals surface area (Å²) >= 11 is 0. The van der Waals surface area contributed by atoms with Crippen molar-refractivity contribution in [2.24, 2.45) is 0 Å². The molecular weight excluding hydrogens is 418 g/mol. The molecule has 0 aliphatic carbocycles. The summed E-state index contributed by atoms with van der Waals surface area (Å²) in [5.74, 6) is -0.861. The molecule has 6 heteroatoms. The molecule has 0 spiro atoms. The zero-order valence-electron chi connectivity index (χ0n) is 18.3. The maximum Gasteiger partial charge on any atom is 0.300 e. The van der Waals surface area contributed by atoms with E-state index in [1.807, 2.05) is 32.0 Å². The lowest BCUT2D eigenvalue weighted by Crippen LogP contribution is -2.30. The highest BCUT2D eigenvalue weighted by atomic mass is 16.5. The average molecular weight is 441 g/mol. The SMILES string of the molecule is Cc1ccccc1N1C(=O)C(=O)/C(=C(\O)c2ccc3c(c2)CC(C)O3)C1c1ccc(O)cc1. The molecule has 33 heavy (non-hydrogen) atoms. The Hall–Kier alpha value is -4.06. The van der Waals surface area contributed by atoms with Crippen LogP contribution in [0.25, 0.3) is 5.76 Å². The van der Waals surface area contributed by atoms with Crippen LogP contribution in [0.5, 0.6) is 11.5 Å². The van der Waals surface area contributed by atoms with Crippen LogP contribution in [0.15, 0.2) is 72.3 Å². The number of para-hydroxylation sites is 1. The second-order valence-electron chi connectivity index (χ2n) is 8.50. The van der Waals surface area contributed by atoms with E-state index >= 15 is 0 Å². The van der Waals surface area contributed by atoms with E-state index in [2.05, 4.69) is 0 Å². The molecule has 3 aromatic rings. The van der Waals surface area contributed by atoms with Crippen LogP contribution in [-0.2, 0) is 16.0 Å². The summed E-state index contributed by atoms with van der Waals surface area (Å²) in [7, 11) is 0. The van der Waals surface area contributed by atoms with Gasteiger partial charge in [0.1, 0.15) is 23.4 Å². The van der Waals surface area contributed by atoms with Crippen LogP contribution in [0.1, 0.15) is 35.2 Å². The van der Waals surface area contributed by atoms with Crippen LogP contribution in [-0.4, -0.2) is 28.0 Å². The number of aromatic hydroxyl groups is 1. The molecule has 2 aliphatic rings. The number of rotatable bonds is 3. The van der Waals surface area contributed by atoms with Gasteiger partial charge in [0.15, 0.2) is 0 Å². The quantitative estimate of drug-likeness (QED) is 0.351. The predicted molar refractivity (Wildman–Crippen MR) is 124 cm³/mol. The molecule has 0 bridgehead atoms. The Balaban J connectivity index is 1.70. The van der Waals surface area contributed by atoms with Crippen molar-refractivity contribution in [3.05, 3.63) is 94.6 Å². The predicted octanol–water partition coefficient (Wildman–Crippen LogP) is 4.65. The van der Waals surface area contributed by atoms with Crippen LogP contribution in [0.2, 0.25) is 0 Å². The van der Waals surface area contributed by atoms with E-state index in [1.54, 1.807) is 36.4 Å². The van der Waals surface area contributed by atoms with Crippen molar-refractivity contribution in [3.8, 4) is 11.5 Å². The van der Waals surface area contributed by atoms with Crippen molar-refractivity contribution in [1.82, 2.24) is 0 Å². The molecule has 1 fully saturated rings. The van der Waals surface area contributed by atoms with Crippen LogP contribution in [0.4, 0.5) is 5.69 Å². The second kappa shape index (κ2) is 7.81. The first-order valence-electron chi connectivity index (χ1n) is 10.8. The van der Waals surface area contributed by atoms with Gasteiger partial charge in [0.05, 0.1) is 11.6 Å². The number of Topliss-reactive ketones (excluding diaryl/α,β-unsaturated/α-hetero) is 1. The number of aliphatic hydroxyl groups is 1. The van der Waals surface area contributed by atoms with E-state index in [1.165, 1.54) is 17.0 Å². The van der Waals surface area contributed by atoms with E-state index in [-0.39, 0.29) is 23.2 Å². The van der Waals surface area contributed by atoms with Gasteiger partial charge in [0.2, 0.25) is 0 Å². The summed E-state index contributed by atoms with van der Waals surface area (Å²) < 4.78 is 5.74. The lowest BCUT2D eigenvalue weighted by atomic mass is 9.94. The number of anilines is 1. The Bertz CT molecular complexity index is 1310. The molecule has 2 heterocycles. The van der Waals surface area contributed by atoms with Gasteiger partial charge in [-0.2, -0.15) is 0 Å². The third kappa shape index (κ3) is 3.44. The number of nitrogens with zero attached hydrogens (tertiary/aromatic N) is 1. The minimum Gasteiger partial charge on any atom is -0.508 e. The molecule has 166 valence electrons. The zero-order chi connectivity index (χ0) is 23.3. The Morgan fingerprint density at radius 3 is 2.48 bits per heavy atom. The fourth-order valence-electron chi connectivity index (χ4n) is 4.61. The summed E-state index contributed by atoms with van der Waals surface area (Å²) in [4.78, 5) is 27.9. The van der Waals surface area contributed by atoms with Crippen LogP contribution in [0.3, 0.4) is 0 Å². The molecule has 2 atom stereocenters. The van der Waals surface area contributed by atoms with Crippen molar-refractivity contribution < 1.29 is 24.5 Å². The van der Waals surface area contributed by atoms with Crippen molar-refractivity contribution in [2.75, 3.05) is 4.90 Å². The van der Waals surface area contributed by atoms with E-state index in [4.69, 9.17) is 4.74 Å². The van der Waals surface area contributed by atoms with Gasteiger partial charge in [-0.15, -0.1) is 0 Å². The number of benzene rings is 3. The minimum absolute atomic E-state index is 0.0147. The van der Waals surface area contributed by atoms with Crippen LogP contribution >= 0.6 is 0 Å². The fourth-order valence-corrected chi connectivity index (χ4v) is 4.61. The molecule has 0 radical (unpaired) electrons. The molecule has 5 rings (SSSR count). The van der Waals surface area contributed by atoms with Gasteiger partial charge in [-0.3, -0.25) is 14.5 Å². The molecule has 2 N–H and O–H groups in total. The molecule has 0 aromatic heterocycles. The number of fused-ring (bicyclic) bond motifs is 1. The maximum absolute atomic E-state index is 13.3. The number of aryl methyl sites for hydroxylation is 1. The number of carbonyl (C=O) groups is 2. The van der Waals surface area contributed by atoms with Crippen molar-refractivity contribution in [2.45, 2.75) is 32.4 Å². The van der Waals surface area contributed by atoms with Gasteiger partial charge in [-0.1, -0.05) is 30.3 Å². The molecule has 1 amide bonds. The minimum atomic E-state index is -0.838. The number of phenols is 1. The van der Waals surface area contributed by atoms with Crippen molar-refractivity contribution in [1.29, 1.82) is 0 Å². The van der Waals surface area contributed by atoms with E-state index in [0.717, 1.165) is 16.9 Å². The first kappa shape index (κ1) is 20.8. The molecular formula is C27H23NO5. The topological polar surface area (TPSA) is 87.1 Å². The van der Waals surface area contributed by atoms with Crippen molar-refractivity contribution in [3.63, 3.8) is 0 Å². The molecule has 2 unspecified atom stereocenters. The van der Waals surface area contributed by atoms with Gasteiger partial charge in [0, 0.05) is 17.7 Å². The number of hydrogen-bond donors (Lipinski definition) is 2. The second-order valence-corrected chi connectivity index (χ2v) is 8.50. The standard InChI is InChI=1S/C27H23NO5/c1-15-5-3-4-6-21(15)28-24(17-7-10-20(29)11-8-17)23(26(31)27(28)32)25(30)18-9-12-22-19(14-18)13-16(2)33-22/h3-12,14,16,24,29-30H,13H2,1-2H3/b25-23-. The summed E-state index contributed by atoms with van der Waals surface area (Å²) in [6.45, 7) is 3.84. The third-order valence-corrected chi connectivity index (χ3v) is 6.20. The number of amides is 1. The number of phenolic OH excluding ortho intramolecular Hbond substituents is 1. The largest absolute Gasteiger partial charge is 0.508 e. The van der Waals surface area contributed by atoms with Crippen LogP contribution in [0, 0.1) is 6.92 Å². The number of aliphatic hydroxyl groups excluding tert-OH is 1. The van der Waals surface area contributed by atoms with Crippen molar-refractivity contribution >= 4 is 23.1 Å². The first-order valence-corrected chi connectivity index (χ1v) is 10.8. The Morgan fingerprint density at radius 2 is 1.76 bits per heavy atom. The summed E-state index contributed by atoms with van der Waals surface area (Å²) in [5.41, 5.74) is 3.44. The smallest absolute Gasteiger partial charge is 0.300 e. The Labute approximate surface area is 191 Å². The van der Waals surface area contributed by atoms with E-state index in [9.17, 15) is 19.8 Å². The summed E-state index contributed by atoms with van der Waals surface area (Å²) in [5, 5.41) is 21.1. The summed E-state index contributed by atoms with van der Waals surface area (Å²) in [6.07, 6.45) is 0.746. The number of ether oxygens (including phenoxy) is 1.